The molecule has 2 saturated carbocycles. The number of carbonyl (C=O) groups excluding carboxylic acids is 3. The van der Waals surface area contributed by atoms with Crippen molar-refractivity contribution < 1.29 is 24.6 Å². The van der Waals surface area contributed by atoms with E-state index < -0.39 is 0 Å². The Labute approximate surface area is 323 Å². The zero-order chi connectivity index (χ0) is 38.8. The lowest BCUT2D eigenvalue weighted by Crippen LogP contribution is -2.28. The van der Waals surface area contributed by atoms with Crippen LogP contribution in [-0.2, 0) is 4.99 Å². The Morgan fingerprint density at radius 2 is 1.24 bits per heavy atom. The highest BCUT2D eigenvalue weighted by Crippen LogP contribution is 2.42. The normalized spacial score (nSPS) is 13.5. The van der Waals surface area contributed by atoms with Crippen molar-refractivity contribution in [2.45, 2.75) is 58.5 Å². The molecule has 6 aromatic rings. The molecule has 0 atom stereocenters. The summed E-state index contributed by atoms with van der Waals surface area (Å²) in [6.07, 6.45) is 4.37. The van der Waals surface area contributed by atoms with Gasteiger partial charge in [0.25, 0.3) is 0 Å². The summed E-state index contributed by atoms with van der Waals surface area (Å²) in [5, 5.41) is 22.0. The van der Waals surface area contributed by atoms with Crippen LogP contribution in [0.5, 0.6) is 0 Å². The maximum atomic E-state index is 12.0. The monoisotopic (exact) mass is 781 g/mol. The molecule has 55 heavy (non-hydrogen) atoms. The Bertz CT molecular complexity index is 2440. The lowest BCUT2D eigenvalue weighted by atomic mass is 10.1. The average Bonchev–Trinajstić information content (AvgIpc) is 4.09. The number of anilines is 6. The van der Waals surface area contributed by atoms with Crippen LogP contribution in [0.25, 0.3) is 42.9 Å². The van der Waals surface area contributed by atoms with Gasteiger partial charge in [0, 0.05) is 49.3 Å². The number of nitrogens with zero attached hydrogens (tertiary/aromatic N) is 4. The molecule has 284 valence electrons. The standard InChI is InChI=1S/C20H22N6O2S.C17H17N5O3S/c1-3-22-20(28)24-13-6-4-5-11(9-13)16-14-15(21)17(10(2)27)29-18(14)26-19(25-16)23-12-7-8-12;1-8(23)15-13(18)12-14(9-3-2-4-11(7-9)22-25-24)20-17(19-10-5-6-10)21-16(12)26-15/h4-6,9,12H,3,7-8,21H2,1-2H3,(H2,22,24,28)(H,23,25,26);2-4,7,10,22,24H,5-6,18H2,1H3,(H,19,20,21). The fourth-order valence-electron chi connectivity index (χ4n) is 5.80. The van der Waals surface area contributed by atoms with Crippen molar-refractivity contribution in [3.05, 3.63) is 58.3 Å². The number of amides is 2. The van der Waals surface area contributed by atoms with Crippen molar-refractivity contribution in [3.8, 4) is 22.5 Å². The number of ketones is 2. The first kappa shape index (κ1) is 37.4. The van der Waals surface area contributed by atoms with Gasteiger partial charge in [0.1, 0.15) is 9.66 Å². The van der Waals surface area contributed by atoms with Crippen LogP contribution in [0.3, 0.4) is 0 Å². The molecular weight excluding hydrogens is 743 g/mol. The third kappa shape index (κ3) is 8.41. The fourth-order valence-corrected chi connectivity index (χ4v) is 7.78. The maximum Gasteiger partial charge on any atom is 0.319 e. The number of Topliss-reactive ketones (excluding diaryl/α,β-unsaturated/α-hetero) is 2. The van der Waals surface area contributed by atoms with Gasteiger partial charge in [-0.05, 0) is 56.9 Å². The van der Waals surface area contributed by atoms with Crippen LogP contribution < -0.4 is 38.2 Å². The number of hydrogen-bond acceptors (Lipinski definition) is 16. The fraction of sp³-hybridized carbons (Fsp3) is 0.270. The van der Waals surface area contributed by atoms with Crippen molar-refractivity contribution in [2.24, 2.45) is 0 Å². The molecule has 0 unspecified atom stereocenters. The smallest absolute Gasteiger partial charge is 0.319 e. The van der Waals surface area contributed by atoms with E-state index in [1.165, 1.54) is 36.5 Å². The lowest BCUT2D eigenvalue weighted by Gasteiger charge is -2.11. The minimum atomic E-state index is -0.275. The second-order valence-corrected chi connectivity index (χ2v) is 15.1. The number of carbonyl (C=O) groups is 3. The van der Waals surface area contributed by atoms with E-state index in [2.05, 4.69) is 46.7 Å². The third-order valence-electron chi connectivity index (χ3n) is 8.67. The second-order valence-electron chi connectivity index (χ2n) is 13.1. The molecule has 18 heteroatoms. The Morgan fingerprint density at radius 1 is 0.764 bits per heavy atom. The molecule has 2 aliphatic carbocycles. The van der Waals surface area contributed by atoms with Crippen LogP contribution in [0.2, 0.25) is 0 Å². The van der Waals surface area contributed by atoms with Gasteiger partial charge in [0.15, 0.2) is 11.6 Å². The van der Waals surface area contributed by atoms with Crippen molar-refractivity contribution in [1.82, 2.24) is 25.3 Å². The molecular formula is C37H39N11O5S2. The predicted molar refractivity (Wildman–Crippen MR) is 218 cm³/mol. The number of nitrogen functional groups attached to an aromatic ring is 2. The molecule has 0 saturated heterocycles. The molecule has 2 fully saturated rings. The van der Waals surface area contributed by atoms with Gasteiger partial charge in [0.05, 0.1) is 49.0 Å². The van der Waals surface area contributed by atoms with Gasteiger partial charge in [-0.15, -0.1) is 27.7 Å². The van der Waals surface area contributed by atoms with Gasteiger partial charge < -0.3 is 32.7 Å². The Morgan fingerprint density at radius 3 is 1.67 bits per heavy atom. The molecule has 0 spiro atoms. The molecule has 4 aromatic heterocycles. The van der Waals surface area contributed by atoms with Crippen LogP contribution in [-0.4, -0.2) is 61.4 Å². The first-order valence-corrected chi connectivity index (χ1v) is 19.2. The summed E-state index contributed by atoms with van der Waals surface area (Å²) in [6.45, 7) is 5.37. The number of urea groups is 1. The van der Waals surface area contributed by atoms with Crippen molar-refractivity contribution in [3.63, 3.8) is 0 Å². The highest BCUT2D eigenvalue weighted by atomic mass is 32.1. The quantitative estimate of drug-likeness (QED) is 0.0343. The van der Waals surface area contributed by atoms with Crippen LogP contribution in [0, 0.1) is 0 Å². The predicted octanol–water partition coefficient (Wildman–Crippen LogP) is 7.39. The average molecular weight is 782 g/mol. The molecule has 2 amide bonds. The number of thiophene rings is 2. The molecule has 10 N–H and O–H groups in total. The summed E-state index contributed by atoms with van der Waals surface area (Å²) in [7, 11) is 0. The SMILES string of the molecule is CC(=O)c1sc2nc(NC3CC3)nc(-c3cccc(NOO)c3)c2c1N.CCNC(=O)Nc1cccc(-c2nc(NC3CC3)nc3sc(C(C)=O)c(N)c23)c1. The van der Waals surface area contributed by atoms with E-state index >= 15 is 0 Å². The van der Waals surface area contributed by atoms with Crippen LogP contribution in [0.1, 0.15) is 65.8 Å². The summed E-state index contributed by atoms with van der Waals surface area (Å²) in [6, 6.07) is 15.1. The van der Waals surface area contributed by atoms with Gasteiger partial charge in [-0.25, -0.2) is 35.5 Å². The number of nitrogens with one attached hydrogen (secondary N) is 5. The lowest BCUT2D eigenvalue weighted by molar-refractivity contribution is -0.215. The van der Waals surface area contributed by atoms with E-state index in [0.29, 0.717) is 94.9 Å². The van der Waals surface area contributed by atoms with Gasteiger partial charge in [-0.1, -0.05) is 24.3 Å². The Balaban J connectivity index is 0.000000170. The summed E-state index contributed by atoms with van der Waals surface area (Å²) in [4.78, 5) is 60.6. The zero-order valence-electron chi connectivity index (χ0n) is 30.1. The van der Waals surface area contributed by atoms with Gasteiger partial charge >= 0.3 is 6.03 Å². The van der Waals surface area contributed by atoms with Crippen LogP contribution in [0.15, 0.2) is 48.5 Å². The molecule has 0 bridgehead atoms. The minimum absolute atomic E-state index is 0.0974. The van der Waals surface area contributed by atoms with E-state index in [-0.39, 0.29) is 17.6 Å². The maximum absolute atomic E-state index is 12.0. The van der Waals surface area contributed by atoms with E-state index in [1.807, 2.05) is 31.2 Å². The number of rotatable bonds is 12. The summed E-state index contributed by atoms with van der Waals surface area (Å²) in [5.41, 5.74) is 19.7. The number of hydrogen-bond donors (Lipinski definition) is 8. The molecule has 0 aliphatic heterocycles. The zero-order valence-corrected chi connectivity index (χ0v) is 31.8. The molecule has 4 heterocycles. The van der Waals surface area contributed by atoms with Crippen molar-refractivity contribution in [2.75, 3.05) is 39.4 Å². The van der Waals surface area contributed by atoms with Crippen LogP contribution >= 0.6 is 22.7 Å². The Hall–Kier alpha value is -5.95. The highest BCUT2D eigenvalue weighted by molar-refractivity contribution is 7.21. The number of aromatic nitrogens is 4. The largest absolute Gasteiger partial charge is 0.397 e. The number of fused-ring (bicyclic) bond motifs is 2. The summed E-state index contributed by atoms with van der Waals surface area (Å²) in [5.74, 6) is 0.841. The topological polar surface area (TPSA) is 244 Å². The first-order chi connectivity index (χ1) is 26.5. The van der Waals surface area contributed by atoms with Crippen molar-refractivity contribution in [1.29, 1.82) is 0 Å². The van der Waals surface area contributed by atoms with E-state index in [0.717, 1.165) is 36.8 Å². The van der Waals surface area contributed by atoms with Crippen LogP contribution in [0.4, 0.5) is 39.4 Å². The molecule has 2 aromatic carbocycles. The molecule has 0 radical (unpaired) electrons. The van der Waals surface area contributed by atoms with Crippen molar-refractivity contribution >= 4 is 95.4 Å². The number of nitrogens with two attached hydrogens (primary N) is 2. The molecule has 8 rings (SSSR count). The van der Waals surface area contributed by atoms with E-state index in [1.54, 1.807) is 24.3 Å². The van der Waals surface area contributed by atoms with E-state index in [9.17, 15) is 14.4 Å². The van der Waals surface area contributed by atoms with Gasteiger partial charge in [-0.3, -0.25) is 9.59 Å². The Kier molecular flexibility index (Phi) is 10.7. The van der Waals surface area contributed by atoms with E-state index in [4.69, 9.17) is 21.7 Å². The van der Waals surface area contributed by atoms with Gasteiger partial charge in [-0.2, -0.15) is 0 Å². The highest BCUT2D eigenvalue weighted by Gasteiger charge is 2.27. The minimum Gasteiger partial charge on any atom is -0.397 e. The second kappa shape index (κ2) is 15.8. The third-order valence-corrected chi connectivity index (χ3v) is 11.1. The summed E-state index contributed by atoms with van der Waals surface area (Å²) >= 11 is 2.55. The molecule has 16 nitrogen and oxygen atoms in total. The first-order valence-electron chi connectivity index (χ1n) is 17.6. The molecule has 2 aliphatic rings. The summed E-state index contributed by atoms with van der Waals surface area (Å²) < 4.78 is 0. The number of benzene rings is 2. The van der Waals surface area contributed by atoms with Gasteiger partial charge in [0.2, 0.25) is 11.9 Å².